The SMILES string of the molecule is Cc1cc(OC(F)F)c(N)cc1F. The molecular weight excluding hydrogens is 183 g/mol. The number of alkyl halides is 2. The Morgan fingerprint density at radius 2 is 2.00 bits per heavy atom. The molecule has 0 heterocycles. The van der Waals surface area contributed by atoms with E-state index >= 15 is 0 Å². The van der Waals surface area contributed by atoms with Gasteiger partial charge in [0.1, 0.15) is 11.6 Å². The molecule has 0 atom stereocenters. The molecule has 1 aromatic rings. The summed E-state index contributed by atoms with van der Waals surface area (Å²) in [6, 6.07) is 2.09. The van der Waals surface area contributed by atoms with E-state index in [1.54, 1.807) is 0 Å². The highest BCUT2D eigenvalue weighted by Crippen LogP contribution is 2.26. The second-order valence-corrected chi connectivity index (χ2v) is 2.52. The van der Waals surface area contributed by atoms with E-state index in [1.165, 1.54) is 6.92 Å². The van der Waals surface area contributed by atoms with Gasteiger partial charge in [-0.3, -0.25) is 0 Å². The van der Waals surface area contributed by atoms with Crippen LogP contribution < -0.4 is 10.5 Å². The number of hydrogen-bond donors (Lipinski definition) is 1. The van der Waals surface area contributed by atoms with Crippen LogP contribution in [-0.2, 0) is 0 Å². The van der Waals surface area contributed by atoms with E-state index in [4.69, 9.17) is 5.73 Å². The van der Waals surface area contributed by atoms with Gasteiger partial charge in [-0.2, -0.15) is 8.78 Å². The Hall–Kier alpha value is -1.39. The third kappa shape index (κ3) is 2.27. The molecule has 0 unspecified atom stereocenters. The van der Waals surface area contributed by atoms with Gasteiger partial charge in [-0.15, -0.1) is 0 Å². The third-order valence-corrected chi connectivity index (χ3v) is 1.51. The fraction of sp³-hybridized carbons (Fsp3) is 0.250. The Morgan fingerprint density at radius 1 is 1.38 bits per heavy atom. The molecule has 0 aliphatic carbocycles. The Labute approximate surface area is 73.1 Å². The Kier molecular flexibility index (Phi) is 2.65. The van der Waals surface area contributed by atoms with Crippen molar-refractivity contribution in [3.8, 4) is 5.75 Å². The molecule has 1 rings (SSSR count). The molecule has 0 saturated carbocycles. The molecule has 2 N–H and O–H groups in total. The topological polar surface area (TPSA) is 35.2 Å². The maximum absolute atomic E-state index is 12.8. The monoisotopic (exact) mass is 191 g/mol. The van der Waals surface area contributed by atoms with Crippen LogP contribution in [-0.4, -0.2) is 6.61 Å². The lowest BCUT2D eigenvalue weighted by Crippen LogP contribution is -2.05. The number of rotatable bonds is 2. The molecule has 0 fully saturated rings. The van der Waals surface area contributed by atoms with Crippen LogP contribution in [0, 0.1) is 12.7 Å². The summed E-state index contributed by atoms with van der Waals surface area (Å²) in [7, 11) is 0. The fourth-order valence-electron chi connectivity index (χ4n) is 0.868. The Morgan fingerprint density at radius 3 is 2.54 bits per heavy atom. The van der Waals surface area contributed by atoms with Crippen molar-refractivity contribution in [1.29, 1.82) is 0 Å². The van der Waals surface area contributed by atoms with Crippen molar-refractivity contribution < 1.29 is 17.9 Å². The third-order valence-electron chi connectivity index (χ3n) is 1.51. The van der Waals surface area contributed by atoms with Crippen molar-refractivity contribution in [1.82, 2.24) is 0 Å². The van der Waals surface area contributed by atoms with Crippen LogP contribution in [0.1, 0.15) is 5.56 Å². The van der Waals surface area contributed by atoms with Crippen molar-refractivity contribution in [2.75, 3.05) is 5.73 Å². The van der Waals surface area contributed by atoms with Gasteiger partial charge in [0.25, 0.3) is 0 Å². The molecule has 0 aromatic heterocycles. The van der Waals surface area contributed by atoms with E-state index in [0.29, 0.717) is 0 Å². The number of halogens is 3. The molecule has 0 saturated heterocycles. The number of nitrogens with two attached hydrogens (primary N) is 1. The summed E-state index contributed by atoms with van der Waals surface area (Å²) in [5.74, 6) is -0.743. The molecule has 72 valence electrons. The number of benzene rings is 1. The highest BCUT2D eigenvalue weighted by Gasteiger charge is 2.10. The minimum Gasteiger partial charge on any atom is -0.433 e. The Balaban J connectivity index is 3.01. The molecule has 0 radical (unpaired) electrons. The van der Waals surface area contributed by atoms with Gasteiger partial charge in [0, 0.05) is 6.07 Å². The lowest BCUT2D eigenvalue weighted by Gasteiger charge is -2.08. The normalized spacial score (nSPS) is 10.5. The van der Waals surface area contributed by atoms with E-state index in [9.17, 15) is 13.2 Å². The van der Waals surface area contributed by atoms with Crippen molar-refractivity contribution in [2.24, 2.45) is 0 Å². The van der Waals surface area contributed by atoms with E-state index < -0.39 is 12.4 Å². The molecule has 0 bridgehead atoms. The molecule has 0 spiro atoms. The molecule has 0 aliphatic rings. The van der Waals surface area contributed by atoms with Crippen LogP contribution in [0.3, 0.4) is 0 Å². The summed E-state index contributed by atoms with van der Waals surface area (Å²) in [4.78, 5) is 0. The van der Waals surface area contributed by atoms with Crippen LogP contribution in [0.15, 0.2) is 12.1 Å². The van der Waals surface area contributed by atoms with Crippen LogP contribution in [0.4, 0.5) is 18.9 Å². The molecular formula is C8H8F3NO. The predicted octanol–water partition coefficient (Wildman–Crippen LogP) is 2.32. The maximum atomic E-state index is 12.8. The van der Waals surface area contributed by atoms with Gasteiger partial charge in [-0.1, -0.05) is 0 Å². The molecule has 13 heavy (non-hydrogen) atoms. The molecule has 0 aliphatic heterocycles. The lowest BCUT2D eigenvalue weighted by atomic mass is 10.2. The highest BCUT2D eigenvalue weighted by atomic mass is 19.3. The summed E-state index contributed by atoms with van der Waals surface area (Å²) in [5.41, 5.74) is 5.32. The van der Waals surface area contributed by atoms with Gasteiger partial charge >= 0.3 is 6.61 Å². The first-order valence-corrected chi connectivity index (χ1v) is 3.51. The summed E-state index contributed by atoms with van der Waals surface area (Å²) in [5, 5.41) is 0. The standard InChI is InChI=1S/C8H8F3NO/c1-4-2-7(13-8(10)11)6(12)3-5(4)9/h2-3,8H,12H2,1H3. The van der Waals surface area contributed by atoms with Crippen molar-refractivity contribution in [2.45, 2.75) is 13.5 Å². The maximum Gasteiger partial charge on any atom is 0.387 e. The van der Waals surface area contributed by atoms with E-state index in [1.807, 2.05) is 0 Å². The van der Waals surface area contributed by atoms with Gasteiger partial charge in [0.05, 0.1) is 5.69 Å². The predicted molar refractivity (Wildman–Crippen MR) is 42.2 cm³/mol. The van der Waals surface area contributed by atoms with Gasteiger partial charge in [0.15, 0.2) is 0 Å². The first kappa shape index (κ1) is 9.70. The highest BCUT2D eigenvalue weighted by molar-refractivity contribution is 5.54. The zero-order chi connectivity index (χ0) is 10.0. The van der Waals surface area contributed by atoms with E-state index in [-0.39, 0.29) is 17.0 Å². The number of nitrogen functional groups attached to an aromatic ring is 1. The van der Waals surface area contributed by atoms with Gasteiger partial charge in [-0.05, 0) is 18.6 Å². The second-order valence-electron chi connectivity index (χ2n) is 2.52. The van der Waals surface area contributed by atoms with Gasteiger partial charge in [-0.25, -0.2) is 4.39 Å². The van der Waals surface area contributed by atoms with Crippen molar-refractivity contribution in [3.05, 3.63) is 23.5 Å². The molecule has 5 heteroatoms. The van der Waals surface area contributed by atoms with Crippen molar-refractivity contribution >= 4 is 5.69 Å². The summed E-state index contributed by atoms with van der Waals surface area (Å²) < 4.78 is 40.4. The zero-order valence-corrected chi connectivity index (χ0v) is 6.85. The number of hydrogen-bond acceptors (Lipinski definition) is 2. The van der Waals surface area contributed by atoms with Crippen molar-refractivity contribution in [3.63, 3.8) is 0 Å². The number of aryl methyl sites for hydroxylation is 1. The summed E-state index contributed by atoms with van der Waals surface area (Å²) >= 11 is 0. The quantitative estimate of drug-likeness (QED) is 0.728. The first-order valence-electron chi connectivity index (χ1n) is 3.51. The average Bonchev–Trinajstić information content (AvgIpc) is 1.99. The van der Waals surface area contributed by atoms with E-state index in [2.05, 4.69) is 4.74 Å². The van der Waals surface area contributed by atoms with Crippen LogP contribution in [0.5, 0.6) is 5.75 Å². The Bertz CT molecular complexity index is 315. The summed E-state index contributed by atoms with van der Waals surface area (Å²) in [6.45, 7) is -1.51. The number of ether oxygens (including phenoxy) is 1. The van der Waals surface area contributed by atoms with Gasteiger partial charge < -0.3 is 10.5 Å². The minimum atomic E-state index is -2.95. The number of anilines is 1. The molecule has 0 amide bonds. The minimum absolute atomic E-state index is 0.136. The first-order chi connectivity index (χ1) is 6.00. The average molecular weight is 191 g/mol. The summed E-state index contributed by atoms with van der Waals surface area (Å²) in [6.07, 6.45) is 0. The smallest absolute Gasteiger partial charge is 0.387 e. The van der Waals surface area contributed by atoms with Crippen LogP contribution in [0.2, 0.25) is 0 Å². The van der Waals surface area contributed by atoms with Gasteiger partial charge in [0.2, 0.25) is 0 Å². The van der Waals surface area contributed by atoms with Crippen LogP contribution in [0.25, 0.3) is 0 Å². The van der Waals surface area contributed by atoms with Crippen LogP contribution >= 0.6 is 0 Å². The van der Waals surface area contributed by atoms with E-state index in [0.717, 1.165) is 12.1 Å². The lowest BCUT2D eigenvalue weighted by molar-refractivity contribution is -0.0494. The second kappa shape index (κ2) is 3.55. The largest absolute Gasteiger partial charge is 0.433 e. The molecule has 2 nitrogen and oxygen atoms in total. The molecule has 1 aromatic carbocycles. The zero-order valence-electron chi connectivity index (χ0n) is 6.85. The fourth-order valence-corrected chi connectivity index (χ4v) is 0.868.